The standard InChI is InChI=1S/C24H29N3O5/c28-24(19-5-6-21-22(15-19)32-17-31-21)9-7-23(8-10-24,26-13-11-25-12-14-26)16-18-3-1-2-4-20(18)27(29)30/h1-6,15,25,28H,7-14,16-17H2. The number of para-hydroxylation sites is 1. The molecule has 0 bridgehead atoms. The highest BCUT2D eigenvalue weighted by Crippen LogP contribution is 2.47. The van der Waals surface area contributed by atoms with Gasteiger partial charge in [-0.15, -0.1) is 0 Å². The Kier molecular flexibility index (Phi) is 5.53. The molecule has 8 heteroatoms. The number of ether oxygens (including phenoxy) is 2. The maximum atomic E-state index is 11.6. The molecule has 0 unspecified atom stereocenters. The van der Waals surface area contributed by atoms with Gasteiger partial charge in [0.2, 0.25) is 6.79 Å². The molecule has 0 aromatic heterocycles. The van der Waals surface area contributed by atoms with Crippen LogP contribution >= 0.6 is 0 Å². The summed E-state index contributed by atoms with van der Waals surface area (Å²) in [4.78, 5) is 13.8. The van der Waals surface area contributed by atoms with Crippen molar-refractivity contribution in [2.45, 2.75) is 43.2 Å². The molecule has 1 aliphatic carbocycles. The highest BCUT2D eigenvalue weighted by Gasteiger charge is 2.47. The number of nitrogens with zero attached hydrogens (tertiary/aromatic N) is 2. The molecule has 0 amide bonds. The summed E-state index contributed by atoms with van der Waals surface area (Å²) in [6.45, 7) is 3.83. The van der Waals surface area contributed by atoms with Crippen LogP contribution in [0.4, 0.5) is 5.69 Å². The SMILES string of the molecule is O=[N+]([O-])c1ccccc1CC1(N2CCNCC2)CCC(O)(c2ccc3c(c2)OCO3)CC1. The lowest BCUT2D eigenvalue weighted by Crippen LogP contribution is -2.59. The predicted octanol–water partition coefficient (Wildman–Crippen LogP) is 2.97. The molecule has 5 rings (SSSR count). The van der Waals surface area contributed by atoms with E-state index in [-0.39, 0.29) is 22.9 Å². The van der Waals surface area contributed by atoms with E-state index in [1.165, 1.54) is 0 Å². The number of nitro benzene ring substituents is 1. The molecule has 0 atom stereocenters. The molecule has 2 aromatic rings. The molecule has 1 saturated carbocycles. The third kappa shape index (κ3) is 3.83. The molecular weight excluding hydrogens is 410 g/mol. The smallest absolute Gasteiger partial charge is 0.272 e. The van der Waals surface area contributed by atoms with Crippen molar-refractivity contribution in [3.8, 4) is 11.5 Å². The van der Waals surface area contributed by atoms with Gasteiger partial charge in [0.15, 0.2) is 11.5 Å². The van der Waals surface area contributed by atoms with Crippen LogP contribution in [0, 0.1) is 10.1 Å². The van der Waals surface area contributed by atoms with Gasteiger partial charge in [-0.2, -0.15) is 0 Å². The number of piperazine rings is 1. The fourth-order valence-electron chi connectivity index (χ4n) is 5.54. The van der Waals surface area contributed by atoms with E-state index in [0.717, 1.165) is 50.1 Å². The summed E-state index contributed by atoms with van der Waals surface area (Å²) in [5.41, 5.74) is 0.641. The largest absolute Gasteiger partial charge is 0.454 e. The van der Waals surface area contributed by atoms with E-state index >= 15 is 0 Å². The van der Waals surface area contributed by atoms with Crippen LogP contribution < -0.4 is 14.8 Å². The summed E-state index contributed by atoms with van der Waals surface area (Å²) in [6.07, 6.45) is 3.34. The predicted molar refractivity (Wildman–Crippen MR) is 119 cm³/mol. The maximum absolute atomic E-state index is 11.6. The molecule has 170 valence electrons. The number of nitro groups is 1. The summed E-state index contributed by atoms with van der Waals surface area (Å²) < 4.78 is 10.9. The van der Waals surface area contributed by atoms with E-state index in [1.54, 1.807) is 12.1 Å². The van der Waals surface area contributed by atoms with Crippen molar-refractivity contribution in [2.75, 3.05) is 33.0 Å². The first-order chi connectivity index (χ1) is 15.5. The Balaban J connectivity index is 1.42. The minimum absolute atomic E-state index is 0.179. The average Bonchev–Trinajstić information content (AvgIpc) is 3.30. The second-order valence-electron chi connectivity index (χ2n) is 9.12. The Morgan fingerprint density at radius 1 is 1.03 bits per heavy atom. The number of nitrogens with one attached hydrogen (secondary N) is 1. The lowest BCUT2D eigenvalue weighted by atomic mass is 9.68. The molecule has 0 spiro atoms. The first-order valence-corrected chi connectivity index (χ1v) is 11.3. The fraction of sp³-hybridized carbons (Fsp3) is 0.500. The zero-order chi connectivity index (χ0) is 22.2. The number of rotatable bonds is 5. The van der Waals surface area contributed by atoms with Crippen molar-refractivity contribution >= 4 is 5.69 Å². The van der Waals surface area contributed by atoms with E-state index < -0.39 is 5.60 Å². The van der Waals surface area contributed by atoms with Gasteiger partial charge in [-0.25, -0.2) is 0 Å². The van der Waals surface area contributed by atoms with Crippen LogP contribution in [0.25, 0.3) is 0 Å². The molecule has 1 saturated heterocycles. The van der Waals surface area contributed by atoms with Crippen LogP contribution in [0.3, 0.4) is 0 Å². The third-order valence-electron chi connectivity index (χ3n) is 7.41. The number of aliphatic hydroxyl groups is 1. The first-order valence-electron chi connectivity index (χ1n) is 11.3. The second-order valence-corrected chi connectivity index (χ2v) is 9.12. The summed E-state index contributed by atoms with van der Waals surface area (Å²) in [5.74, 6) is 1.38. The molecule has 2 aliphatic heterocycles. The van der Waals surface area contributed by atoms with Crippen molar-refractivity contribution in [3.63, 3.8) is 0 Å². The molecule has 2 heterocycles. The van der Waals surface area contributed by atoms with Gasteiger partial charge in [-0.1, -0.05) is 24.3 Å². The van der Waals surface area contributed by atoms with Crippen molar-refractivity contribution in [3.05, 3.63) is 63.7 Å². The van der Waals surface area contributed by atoms with Gasteiger partial charge in [0.25, 0.3) is 5.69 Å². The van der Waals surface area contributed by atoms with Crippen LogP contribution in [0.15, 0.2) is 42.5 Å². The van der Waals surface area contributed by atoms with Crippen molar-refractivity contribution in [2.24, 2.45) is 0 Å². The van der Waals surface area contributed by atoms with Gasteiger partial charge in [-0.3, -0.25) is 15.0 Å². The Bertz CT molecular complexity index is 997. The molecule has 2 fully saturated rings. The van der Waals surface area contributed by atoms with Crippen LogP contribution in [-0.2, 0) is 12.0 Å². The molecule has 32 heavy (non-hydrogen) atoms. The van der Waals surface area contributed by atoms with E-state index in [9.17, 15) is 15.2 Å². The van der Waals surface area contributed by atoms with Crippen molar-refractivity contribution in [1.82, 2.24) is 10.2 Å². The van der Waals surface area contributed by atoms with Crippen LogP contribution in [0.5, 0.6) is 11.5 Å². The van der Waals surface area contributed by atoms with E-state index in [4.69, 9.17) is 9.47 Å². The van der Waals surface area contributed by atoms with Gasteiger partial charge >= 0.3 is 0 Å². The Hall–Kier alpha value is -2.68. The van der Waals surface area contributed by atoms with Crippen LogP contribution in [-0.4, -0.2) is 53.4 Å². The van der Waals surface area contributed by atoms with Crippen molar-refractivity contribution in [1.29, 1.82) is 0 Å². The van der Waals surface area contributed by atoms with E-state index in [1.807, 2.05) is 30.3 Å². The summed E-state index contributed by atoms with van der Waals surface area (Å²) in [5, 5.41) is 26.6. The minimum Gasteiger partial charge on any atom is -0.454 e. The Labute approximate surface area is 187 Å². The molecule has 2 N–H and O–H groups in total. The lowest BCUT2D eigenvalue weighted by Gasteiger charge is -2.52. The zero-order valence-electron chi connectivity index (χ0n) is 18.1. The van der Waals surface area contributed by atoms with E-state index in [2.05, 4.69) is 10.2 Å². The van der Waals surface area contributed by atoms with Crippen LogP contribution in [0.1, 0.15) is 36.8 Å². The maximum Gasteiger partial charge on any atom is 0.272 e. The average molecular weight is 440 g/mol. The topological polar surface area (TPSA) is 97.1 Å². The fourth-order valence-corrected chi connectivity index (χ4v) is 5.54. The number of hydrogen-bond donors (Lipinski definition) is 2. The van der Waals surface area contributed by atoms with Gasteiger partial charge in [-0.05, 0) is 49.8 Å². The van der Waals surface area contributed by atoms with Gasteiger partial charge in [0.05, 0.1) is 10.5 Å². The minimum atomic E-state index is -0.943. The first kappa shape index (κ1) is 21.2. The monoisotopic (exact) mass is 439 g/mol. The molecule has 8 nitrogen and oxygen atoms in total. The second kappa shape index (κ2) is 8.35. The van der Waals surface area contributed by atoms with E-state index in [0.29, 0.717) is 30.8 Å². The molecular formula is C24H29N3O5. The Morgan fingerprint density at radius 2 is 1.75 bits per heavy atom. The number of fused-ring (bicyclic) bond motifs is 1. The van der Waals surface area contributed by atoms with Gasteiger partial charge in [0.1, 0.15) is 0 Å². The highest BCUT2D eigenvalue weighted by molar-refractivity contribution is 5.46. The van der Waals surface area contributed by atoms with Gasteiger partial charge < -0.3 is 19.9 Å². The molecule has 3 aliphatic rings. The summed E-state index contributed by atoms with van der Waals surface area (Å²) in [7, 11) is 0. The zero-order valence-corrected chi connectivity index (χ0v) is 18.1. The third-order valence-corrected chi connectivity index (χ3v) is 7.41. The number of hydrogen-bond acceptors (Lipinski definition) is 7. The van der Waals surface area contributed by atoms with Crippen LogP contribution in [0.2, 0.25) is 0 Å². The number of benzene rings is 2. The van der Waals surface area contributed by atoms with Gasteiger partial charge in [0, 0.05) is 43.3 Å². The normalized spacial score (nSPS) is 27.9. The van der Waals surface area contributed by atoms with Crippen molar-refractivity contribution < 1.29 is 19.5 Å². The highest BCUT2D eigenvalue weighted by atomic mass is 16.7. The summed E-state index contributed by atoms with van der Waals surface area (Å²) >= 11 is 0. The molecule has 0 radical (unpaired) electrons. The lowest BCUT2D eigenvalue weighted by molar-refractivity contribution is -0.385. The molecule has 2 aromatic carbocycles. The summed E-state index contributed by atoms with van der Waals surface area (Å²) in [6, 6.07) is 12.7. The Morgan fingerprint density at radius 3 is 2.50 bits per heavy atom. The quantitative estimate of drug-likeness (QED) is 0.546.